The smallest absolute Gasteiger partial charge is 0.340 e. The molecule has 2 aromatic heterocycles. The van der Waals surface area contributed by atoms with Gasteiger partial charge in [0, 0.05) is 28.2 Å². The third kappa shape index (κ3) is 3.67. The Labute approximate surface area is 171 Å². The minimum atomic E-state index is -3.40. The molecule has 2 heterocycles. The summed E-state index contributed by atoms with van der Waals surface area (Å²) < 4.78 is 30.7. The molecule has 3 N–H and O–H groups in total. The molecule has 0 saturated carbocycles. The molecular weight excluding hydrogens is 406 g/mol. The van der Waals surface area contributed by atoms with Crippen molar-refractivity contribution in [2.75, 3.05) is 17.6 Å². The van der Waals surface area contributed by atoms with Crippen molar-refractivity contribution in [2.24, 2.45) is 0 Å². The fourth-order valence-electron chi connectivity index (χ4n) is 3.45. The maximum absolute atomic E-state index is 12.4. The molecule has 8 nitrogen and oxygen atoms in total. The lowest BCUT2D eigenvalue weighted by atomic mass is 10.00. The van der Waals surface area contributed by atoms with Gasteiger partial charge in [-0.1, -0.05) is 18.2 Å². The Kier molecular flexibility index (Phi) is 4.83. The van der Waals surface area contributed by atoms with E-state index in [1.807, 2.05) is 18.2 Å². The zero-order chi connectivity index (χ0) is 21.5. The van der Waals surface area contributed by atoms with E-state index < -0.39 is 16.0 Å². The van der Waals surface area contributed by atoms with Crippen LogP contribution in [-0.4, -0.2) is 37.2 Å². The van der Waals surface area contributed by atoms with Crippen LogP contribution < -0.4 is 10.3 Å². The van der Waals surface area contributed by atoms with Crippen LogP contribution in [0.2, 0.25) is 0 Å². The van der Waals surface area contributed by atoms with Crippen LogP contribution in [-0.2, 0) is 14.8 Å². The van der Waals surface area contributed by atoms with Gasteiger partial charge in [-0.2, -0.15) is 0 Å². The summed E-state index contributed by atoms with van der Waals surface area (Å²) in [6.45, 7) is 1.94. The Morgan fingerprint density at radius 3 is 2.63 bits per heavy atom. The number of benzene rings is 2. The van der Waals surface area contributed by atoms with E-state index in [9.17, 15) is 18.0 Å². The van der Waals surface area contributed by atoms with Crippen molar-refractivity contribution in [1.29, 1.82) is 0 Å². The first kappa shape index (κ1) is 19.7. The molecule has 0 spiro atoms. The van der Waals surface area contributed by atoms with Gasteiger partial charge in [0.1, 0.15) is 5.52 Å². The van der Waals surface area contributed by atoms with Gasteiger partial charge < -0.3 is 14.7 Å². The summed E-state index contributed by atoms with van der Waals surface area (Å²) in [6, 6.07) is 12.4. The number of esters is 1. The first-order valence-electron chi connectivity index (χ1n) is 9.19. The number of anilines is 1. The number of pyridine rings is 1. The van der Waals surface area contributed by atoms with E-state index >= 15 is 0 Å². The third-order valence-electron chi connectivity index (χ3n) is 4.64. The predicted molar refractivity (Wildman–Crippen MR) is 116 cm³/mol. The van der Waals surface area contributed by atoms with Crippen LogP contribution in [0.5, 0.6) is 0 Å². The number of rotatable bonds is 5. The molecule has 30 heavy (non-hydrogen) atoms. The molecule has 0 radical (unpaired) electrons. The number of H-pyrrole nitrogens is 2. The Balaban J connectivity index is 1.92. The highest BCUT2D eigenvalue weighted by Crippen LogP contribution is 2.30. The van der Waals surface area contributed by atoms with Gasteiger partial charge in [-0.25, -0.2) is 13.2 Å². The largest absolute Gasteiger partial charge is 0.462 e. The molecule has 0 fully saturated rings. The van der Waals surface area contributed by atoms with Crippen molar-refractivity contribution in [2.45, 2.75) is 6.92 Å². The molecule has 0 unspecified atom stereocenters. The fraction of sp³-hybridized carbons (Fsp3) is 0.143. The van der Waals surface area contributed by atoms with Crippen LogP contribution >= 0.6 is 0 Å². The lowest BCUT2D eigenvalue weighted by Gasteiger charge is -2.09. The standard InChI is InChI=1S/C21H19N3O5S/c1-3-29-21(26)16-11-22-19-18(16)15-10-13(7-8-17(15)23-20(19)25)12-5-4-6-14(9-12)24-30(2,27)28/h4-11,22,24H,3H2,1-2H3,(H,23,25). The lowest BCUT2D eigenvalue weighted by Crippen LogP contribution is -2.09. The first-order chi connectivity index (χ1) is 14.3. The molecule has 0 bridgehead atoms. The SMILES string of the molecule is CCOC(=O)c1c[nH]c2c(=O)[nH]c3ccc(-c4cccc(NS(C)(=O)=O)c4)cc3c12. The van der Waals surface area contributed by atoms with Crippen molar-refractivity contribution in [1.82, 2.24) is 9.97 Å². The molecule has 4 aromatic rings. The Morgan fingerprint density at radius 1 is 1.13 bits per heavy atom. The molecular formula is C21H19N3O5S. The second kappa shape index (κ2) is 7.34. The van der Waals surface area contributed by atoms with Gasteiger partial charge in [0.15, 0.2) is 0 Å². The number of fused-ring (bicyclic) bond motifs is 3. The van der Waals surface area contributed by atoms with E-state index in [1.54, 1.807) is 31.2 Å². The van der Waals surface area contributed by atoms with Crippen molar-refractivity contribution >= 4 is 43.5 Å². The first-order valence-corrected chi connectivity index (χ1v) is 11.1. The highest BCUT2D eigenvalue weighted by molar-refractivity contribution is 7.92. The van der Waals surface area contributed by atoms with Crippen LogP contribution in [0.25, 0.3) is 32.9 Å². The molecule has 2 aromatic carbocycles. The minimum absolute atomic E-state index is 0.220. The van der Waals surface area contributed by atoms with Gasteiger partial charge in [-0.3, -0.25) is 9.52 Å². The van der Waals surface area contributed by atoms with E-state index in [4.69, 9.17) is 4.74 Å². The number of aromatic nitrogens is 2. The Bertz CT molecular complexity index is 1450. The monoisotopic (exact) mass is 425 g/mol. The average Bonchev–Trinajstić information content (AvgIpc) is 3.13. The summed E-state index contributed by atoms with van der Waals surface area (Å²) in [5, 5.41) is 1.16. The number of hydrogen-bond acceptors (Lipinski definition) is 5. The number of ether oxygens (including phenoxy) is 1. The lowest BCUT2D eigenvalue weighted by molar-refractivity contribution is 0.0529. The van der Waals surface area contributed by atoms with Gasteiger partial charge in [0.05, 0.1) is 18.4 Å². The van der Waals surface area contributed by atoms with Crippen molar-refractivity contribution in [3.63, 3.8) is 0 Å². The predicted octanol–water partition coefficient (Wildman–Crippen LogP) is 3.22. The minimum Gasteiger partial charge on any atom is -0.462 e. The molecule has 0 amide bonds. The number of aromatic amines is 2. The normalized spacial score (nSPS) is 11.7. The van der Waals surface area contributed by atoms with Crippen LogP contribution in [0.15, 0.2) is 53.5 Å². The molecule has 0 aliphatic carbocycles. The van der Waals surface area contributed by atoms with Crippen LogP contribution in [0.1, 0.15) is 17.3 Å². The van der Waals surface area contributed by atoms with Gasteiger partial charge in [-0.15, -0.1) is 0 Å². The quantitative estimate of drug-likeness (QED) is 0.424. The van der Waals surface area contributed by atoms with Crippen LogP contribution in [0, 0.1) is 0 Å². The average molecular weight is 425 g/mol. The third-order valence-corrected chi connectivity index (χ3v) is 5.25. The van der Waals surface area contributed by atoms with E-state index in [-0.39, 0.29) is 23.2 Å². The summed E-state index contributed by atoms with van der Waals surface area (Å²) >= 11 is 0. The number of carbonyl (C=O) groups is 1. The zero-order valence-electron chi connectivity index (χ0n) is 16.3. The summed E-state index contributed by atoms with van der Waals surface area (Å²) in [7, 11) is -3.40. The van der Waals surface area contributed by atoms with Crippen molar-refractivity contribution < 1.29 is 17.9 Å². The van der Waals surface area contributed by atoms with E-state index in [1.165, 1.54) is 6.20 Å². The van der Waals surface area contributed by atoms with Gasteiger partial charge >= 0.3 is 5.97 Å². The van der Waals surface area contributed by atoms with E-state index in [0.717, 1.165) is 17.4 Å². The molecule has 4 rings (SSSR count). The maximum Gasteiger partial charge on any atom is 0.340 e. The van der Waals surface area contributed by atoms with Crippen molar-refractivity contribution in [3.05, 3.63) is 64.6 Å². The van der Waals surface area contributed by atoms with Crippen LogP contribution in [0.4, 0.5) is 5.69 Å². The van der Waals surface area contributed by atoms with Crippen LogP contribution in [0.3, 0.4) is 0 Å². The maximum atomic E-state index is 12.4. The zero-order valence-corrected chi connectivity index (χ0v) is 17.1. The number of hydrogen-bond donors (Lipinski definition) is 3. The summed E-state index contributed by atoms with van der Waals surface area (Å²) in [5.74, 6) is -0.514. The highest BCUT2D eigenvalue weighted by atomic mass is 32.2. The topological polar surface area (TPSA) is 121 Å². The van der Waals surface area contributed by atoms with Gasteiger partial charge in [0.25, 0.3) is 5.56 Å². The summed E-state index contributed by atoms with van der Waals surface area (Å²) in [4.78, 5) is 30.5. The van der Waals surface area contributed by atoms with E-state index in [0.29, 0.717) is 22.0 Å². The molecule has 9 heteroatoms. The highest BCUT2D eigenvalue weighted by Gasteiger charge is 2.18. The molecule has 0 aliphatic heterocycles. The molecule has 0 saturated heterocycles. The second-order valence-corrected chi connectivity index (χ2v) is 8.59. The van der Waals surface area contributed by atoms with Gasteiger partial charge in [0.2, 0.25) is 10.0 Å². The molecule has 154 valence electrons. The van der Waals surface area contributed by atoms with E-state index in [2.05, 4.69) is 14.7 Å². The number of carbonyl (C=O) groups excluding carboxylic acids is 1. The number of sulfonamides is 1. The summed E-state index contributed by atoms with van der Waals surface area (Å²) in [5.41, 5.74) is 2.83. The Hall–Kier alpha value is -3.59. The summed E-state index contributed by atoms with van der Waals surface area (Å²) in [6.07, 6.45) is 2.56. The molecule has 0 atom stereocenters. The Morgan fingerprint density at radius 2 is 1.90 bits per heavy atom. The second-order valence-electron chi connectivity index (χ2n) is 6.84. The van der Waals surface area contributed by atoms with Gasteiger partial charge in [-0.05, 0) is 42.3 Å². The fourth-order valence-corrected chi connectivity index (χ4v) is 4.01. The number of nitrogens with one attached hydrogen (secondary N) is 3. The van der Waals surface area contributed by atoms with Crippen molar-refractivity contribution in [3.8, 4) is 11.1 Å². The molecule has 0 aliphatic rings.